The first-order chi connectivity index (χ1) is 12.7. The van der Waals surface area contributed by atoms with Crippen LogP contribution in [0.5, 0.6) is 0 Å². The third-order valence-electron chi connectivity index (χ3n) is 4.87. The fourth-order valence-corrected chi connectivity index (χ4v) is 3.50. The molecule has 1 fully saturated rings. The lowest BCUT2D eigenvalue weighted by atomic mass is 10.0. The molecule has 1 aliphatic rings. The average molecular weight is 351 g/mol. The molecule has 26 heavy (non-hydrogen) atoms. The summed E-state index contributed by atoms with van der Waals surface area (Å²) in [6.07, 6.45) is 4.02. The van der Waals surface area contributed by atoms with Gasteiger partial charge in [-0.25, -0.2) is 5.10 Å². The lowest BCUT2D eigenvalue weighted by molar-refractivity contribution is -0.121. The SMILES string of the molecule is O=C(Cc1c[nH]c2ccccc12)NC1CCN(c2ccc(=O)[nH]n2)CC1. The van der Waals surface area contributed by atoms with Crippen LogP contribution in [0.3, 0.4) is 0 Å². The summed E-state index contributed by atoms with van der Waals surface area (Å²) >= 11 is 0. The fourth-order valence-electron chi connectivity index (χ4n) is 3.50. The molecule has 3 heterocycles. The summed E-state index contributed by atoms with van der Waals surface area (Å²) < 4.78 is 0. The van der Waals surface area contributed by atoms with Crippen LogP contribution in [0.25, 0.3) is 10.9 Å². The molecule has 0 bridgehead atoms. The van der Waals surface area contributed by atoms with Gasteiger partial charge in [-0.15, -0.1) is 0 Å². The highest BCUT2D eigenvalue weighted by atomic mass is 16.1. The average Bonchev–Trinajstić information content (AvgIpc) is 3.06. The number of hydrogen-bond acceptors (Lipinski definition) is 4. The van der Waals surface area contributed by atoms with Gasteiger partial charge in [0.2, 0.25) is 5.91 Å². The van der Waals surface area contributed by atoms with Crippen LogP contribution in [0.1, 0.15) is 18.4 Å². The molecule has 1 aromatic carbocycles. The second-order valence-electron chi connectivity index (χ2n) is 6.64. The third-order valence-corrected chi connectivity index (χ3v) is 4.87. The molecular formula is C19H21N5O2. The molecule has 134 valence electrons. The maximum absolute atomic E-state index is 12.4. The van der Waals surface area contributed by atoms with Crippen LogP contribution in [-0.2, 0) is 11.2 Å². The number of carbonyl (C=O) groups is 1. The van der Waals surface area contributed by atoms with E-state index in [2.05, 4.69) is 25.4 Å². The summed E-state index contributed by atoms with van der Waals surface area (Å²) in [7, 11) is 0. The molecule has 2 aromatic heterocycles. The Balaban J connectivity index is 1.32. The minimum absolute atomic E-state index is 0.0513. The predicted molar refractivity (Wildman–Crippen MR) is 100 cm³/mol. The van der Waals surface area contributed by atoms with E-state index in [-0.39, 0.29) is 17.5 Å². The number of piperidine rings is 1. The minimum atomic E-state index is -0.201. The summed E-state index contributed by atoms with van der Waals surface area (Å²) in [6, 6.07) is 11.4. The first-order valence-electron chi connectivity index (χ1n) is 8.84. The van der Waals surface area contributed by atoms with Gasteiger partial charge < -0.3 is 15.2 Å². The number of rotatable bonds is 4. The Labute approximate surface area is 150 Å². The Morgan fingerprint density at radius 1 is 1.19 bits per heavy atom. The van der Waals surface area contributed by atoms with Gasteiger partial charge in [0.15, 0.2) is 0 Å². The van der Waals surface area contributed by atoms with Gasteiger partial charge in [0.25, 0.3) is 5.56 Å². The molecule has 0 saturated carbocycles. The molecule has 1 aliphatic heterocycles. The van der Waals surface area contributed by atoms with Crippen LogP contribution >= 0.6 is 0 Å². The number of fused-ring (bicyclic) bond motifs is 1. The summed E-state index contributed by atoms with van der Waals surface area (Å²) in [4.78, 5) is 28.9. The highest BCUT2D eigenvalue weighted by molar-refractivity contribution is 5.88. The summed E-state index contributed by atoms with van der Waals surface area (Å²) in [5.74, 6) is 0.823. The van der Waals surface area contributed by atoms with Crippen LogP contribution in [0, 0.1) is 0 Å². The van der Waals surface area contributed by atoms with E-state index in [0.717, 1.165) is 48.2 Å². The maximum Gasteiger partial charge on any atom is 0.264 e. The molecule has 0 unspecified atom stereocenters. The van der Waals surface area contributed by atoms with Gasteiger partial charge >= 0.3 is 0 Å². The maximum atomic E-state index is 12.4. The fraction of sp³-hybridized carbons (Fsp3) is 0.316. The van der Waals surface area contributed by atoms with E-state index in [1.807, 2.05) is 30.5 Å². The second-order valence-corrected chi connectivity index (χ2v) is 6.64. The van der Waals surface area contributed by atoms with Crippen molar-refractivity contribution in [3.8, 4) is 0 Å². The molecule has 0 spiro atoms. The number of anilines is 1. The van der Waals surface area contributed by atoms with Crippen molar-refractivity contribution in [1.29, 1.82) is 0 Å². The van der Waals surface area contributed by atoms with Crippen molar-refractivity contribution in [3.63, 3.8) is 0 Å². The van der Waals surface area contributed by atoms with E-state index in [1.165, 1.54) is 6.07 Å². The molecule has 1 amide bonds. The topological polar surface area (TPSA) is 93.9 Å². The highest BCUT2D eigenvalue weighted by Crippen LogP contribution is 2.19. The molecule has 4 rings (SSSR count). The van der Waals surface area contributed by atoms with Crippen LogP contribution in [0.4, 0.5) is 5.82 Å². The molecule has 7 heteroatoms. The number of hydrogen-bond donors (Lipinski definition) is 3. The number of carbonyl (C=O) groups excluding carboxylic acids is 1. The van der Waals surface area contributed by atoms with Crippen molar-refractivity contribution in [3.05, 3.63) is 58.5 Å². The monoisotopic (exact) mass is 351 g/mol. The van der Waals surface area contributed by atoms with Crippen molar-refractivity contribution >= 4 is 22.6 Å². The minimum Gasteiger partial charge on any atom is -0.361 e. The van der Waals surface area contributed by atoms with E-state index < -0.39 is 0 Å². The Morgan fingerprint density at radius 3 is 2.77 bits per heavy atom. The first kappa shape index (κ1) is 16.4. The lowest BCUT2D eigenvalue weighted by Crippen LogP contribution is -2.45. The molecule has 0 radical (unpaired) electrons. The molecular weight excluding hydrogens is 330 g/mol. The van der Waals surface area contributed by atoms with Gasteiger partial charge in [0, 0.05) is 42.3 Å². The Hall–Kier alpha value is -3.09. The van der Waals surface area contributed by atoms with Crippen molar-refractivity contribution in [1.82, 2.24) is 20.5 Å². The zero-order valence-electron chi connectivity index (χ0n) is 14.4. The van der Waals surface area contributed by atoms with Crippen LogP contribution in [0.2, 0.25) is 0 Å². The van der Waals surface area contributed by atoms with Gasteiger partial charge in [-0.2, -0.15) is 5.10 Å². The van der Waals surface area contributed by atoms with E-state index in [1.54, 1.807) is 6.07 Å². The van der Waals surface area contributed by atoms with Crippen molar-refractivity contribution in [2.24, 2.45) is 0 Å². The number of nitrogens with zero attached hydrogens (tertiary/aromatic N) is 2. The smallest absolute Gasteiger partial charge is 0.264 e. The quantitative estimate of drug-likeness (QED) is 0.665. The zero-order valence-corrected chi connectivity index (χ0v) is 14.4. The number of benzene rings is 1. The van der Waals surface area contributed by atoms with E-state index >= 15 is 0 Å². The van der Waals surface area contributed by atoms with E-state index in [0.29, 0.717) is 6.42 Å². The first-order valence-corrected chi connectivity index (χ1v) is 8.84. The van der Waals surface area contributed by atoms with Gasteiger partial charge in [-0.3, -0.25) is 9.59 Å². The Kier molecular flexibility index (Phi) is 4.43. The molecule has 0 aliphatic carbocycles. The highest BCUT2D eigenvalue weighted by Gasteiger charge is 2.22. The number of para-hydroxylation sites is 1. The van der Waals surface area contributed by atoms with Gasteiger partial charge in [-0.05, 0) is 30.5 Å². The standard InChI is InChI=1S/C19H21N5O2/c25-18-6-5-17(22-23-18)24-9-7-14(8-10-24)21-19(26)11-13-12-20-16-4-2-1-3-15(13)16/h1-6,12,14,20H,7-11H2,(H,21,26)(H,23,25). The van der Waals surface area contributed by atoms with Crippen LogP contribution in [-0.4, -0.2) is 40.2 Å². The molecule has 3 aromatic rings. The molecule has 3 N–H and O–H groups in total. The summed E-state index contributed by atoms with van der Waals surface area (Å²) in [6.45, 7) is 1.61. The molecule has 1 saturated heterocycles. The summed E-state index contributed by atoms with van der Waals surface area (Å²) in [5.41, 5.74) is 1.87. The Bertz CT molecular complexity index is 949. The van der Waals surface area contributed by atoms with Crippen LogP contribution in [0.15, 0.2) is 47.4 Å². The number of aromatic amines is 2. The predicted octanol–water partition coefficient (Wildman–Crippen LogP) is 1.58. The number of aromatic nitrogens is 3. The Morgan fingerprint density at radius 2 is 2.00 bits per heavy atom. The number of nitrogens with one attached hydrogen (secondary N) is 3. The number of amides is 1. The molecule has 0 atom stereocenters. The normalized spacial score (nSPS) is 15.3. The van der Waals surface area contributed by atoms with Crippen molar-refractivity contribution < 1.29 is 4.79 Å². The van der Waals surface area contributed by atoms with E-state index in [9.17, 15) is 9.59 Å². The molecule has 7 nitrogen and oxygen atoms in total. The van der Waals surface area contributed by atoms with Crippen molar-refractivity contribution in [2.75, 3.05) is 18.0 Å². The lowest BCUT2D eigenvalue weighted by Gasteiger charge is -2.32. The largest absolute Gasteiger partial charge is 0.361 e. The van der Waals surface area contributed by atoms with Gasteiger partial charge in [0.1, 0.15) is 5.82 Å². The zero-order chi connectivity index (χ0) is 17.9. The van der Waals surface area contributed by atoms with Gasteiger partial charge in [0.05, 0.1) is 6.42 Å². The van der Waals surface area contributed by atoms with Crippen LogP contribution < -0.4 is 15.8 Å². The van der Waals surface area contributed by atoms with E-state index in [4.69, 9.17) is 0 Å². The summed E-state index contributed by atoms with van der Waals surface area (Å²) in [5, 5.41) is 10.8. The third kappa shape index (κ3) is 3.46. The van der Waals surface area contributed by atoms with Crippen molar-refractivity contribution in [2.45, 2.75) is 25.3 Å². The van der Waals surface area contributed by atoms with Gasteiger partial charge in [-0.1, -0.05) is 18.2 Å². The number of H-pyrrole nitrogens is 2. The second kappa shape index (κ2) is 7.03.